The summed E-state index contributed by atoms with van der Waals surface area (Å²) in [5.41, 5.74) is 5.54. The molecule has 0 unspecified atom stereocenters. The van der Waals surface area contributed by atoms with E-state index < -0.39 is 14.9 Å². The second kappa shape index (κ2) is 4.63. The number of rotatable bonds is 3. The van der Waals surface area contributed by atoms with Crippen LogP contribution in [-0.2, 0) is 10.0 Å². The van der Waals surface area contributed by atoms with E-state index in [4.69, 9.17) is 5.73 Å². The highest BCUT2D eigenvalue weighted by Gasteiger charge is 2.31. The van der Waals surface area contributed by atoms with Crippen molar-refractivity contribution >= 4 is 15.7 Å². The van der Waals surface area contributed by atoms with Crippen LogP contribution in [-0.4, -0.2) is 36.8 Å². The van der Waals surface area contributed by atoms with Crippen LogP contribution in [0.3, 0.4) is 0 Å². The van der Waals surface area contributed by atoms with Crippen LogP contribution in [0.2, 0.25) is 0 Å². The van der Waals surface area contributed by atoms with E-state index in [-0.39, 0.29) is 16.6 Å². The molecule has 0 saturated carbocycles. The molecule has 1 heterocycles. The van der Waals surface area contributed by atoms with E-state index in [1.165, 1.54) is 28.6 Å². The van der Waals surface area contributed by atoms with Crippen LogP contribution in [0.1, 0.15) is 6.42 Å². The number of non-ortho nitro benzene ring substituents is 1. The average molecular weight is 271 g/mol. The van der Waals surface area contributed by atoms with Crippen molar-refractivity contribution in [3.05, 3.63) is 34.4 Å². The first-order chi connectivity index (χ1) is 8.41. The lowest BCUT2D eigenvalue weighted by Crippen LogP contribution is -2.31. The molecular formula is C10H13N3O4S. The Morgan fingerprint density at radius 2 is 1.94 bits per heavy atom. The van der Waals surface area contributed by atoms with E-state index in [0.29, 0.717) is 19.5 Å². The highest BCUT2D eigenvalue weighted by atomic mass is 32.2. The van der Waals surface area contributed by atoms with Crippen molar-refractivity contribution in [2.24, 2.45) is 5.73 Å². The van der Waals surface area contributed by atoms with E-state index in [1.807, 2.05) is 0 Å². The fourth-order valence-electron chi connectivity index (χ4n) is 1.86. The Kier molecular flexibility index (Phi) is 3.33. The van der Waals surface area contributed by atoms with Crippen molar-refractivity contribution in [2.75, 3.05) is 13.1 Å². The van der Waals surface area contributed by atoms with Gasteiger partial charge in [-0.15, -0.1) is 0 Å². The molecule has 18 heavy (non-hydrogen) atoms. The molecule has 1 aromatic rings. The first kappa shape index (κ1) is 12.9. The van der Waals surface area contributed by atoms with Crippen LogP contribution in [0.4, 0.5) is 5.69 Å². The molecule has 7 nitrogen and oxygen atoms in total. The predicted molar refractivity (Wildman–Crippen MR) is 64.4 cm³/mol. The highest BCUT2D eigenvalue weighted by molar-refractivity contribution is 7.89. The smallest absolute Gasteiger partial charge is 0.269 e. The van der Waals surface area contributed by atoms with E-state index in [2.05, 4.69) is 0 Å². The normalized spacial score (nSPS) is 21.1. The summed E-state index contributed by atoms with van der Waals surface area (Å²) in [6.45, 7) is 0.680. The van der Waals surface area contributed by atoms with E-state index >= 15 is 0 Å². The average Bonchev–Trinajstić information content (AvgIpc) is 2.76. The molecule has 98 valence electrons. The monoisotopic (exact) mass is 271 g/mol. The van der Waals surface area contributed by atoms with Gasteiger partial charge >= 0.3 is 0 Å². The number of nitrogens with two attached hydrogens (primary N) is 1. The van der Waals surface area contributed by atoms with Gasteiger partial charge < -0.3 is 5.73 Å². The maximum absolute atomic E-state index is 12.2. The first-order valence-electron chi connectivity index (χ1n) is 5.41. The second-order valence-electron chi connectivity index (χ2n) is 4.16. The largest absolute Gasteiger partial charge is 0.326 e. The molecule has 2 N–H and O–H groups in total. The lowest BCUT2D eigenvalue weighted by Gasteiger charge is -2.15. The number of hydrogen-bond acceptors (Lipinski definition) is 5. The first-order valence-corrected chi connectivity index (χ1v) is 6.85. The molecule has 1 atom stereocenters. The van der Waals surface area contributed by atoms with Crippen molar-refractivity contribution in [2.45, 2.75) is 17.4 Å². The quantitative estimate of drug-likeness (QED) is 0.629. The Labute approximate surface area is 104 Å². The summed E-state index contributed by atoms with van der Waals surface area (Å²) in [5.74, 6) is 0. The van der Waals surface area contributed by atoms with Crippen molar-refractivity contribution < 1.29 is 13.3 Å². The van der Waals surface area contributed by atoms with Gasteiger partial charge in [-0.1, -0.05) is 0 Å². The van der Waals surface area contributed by atoms with Crippen molar-refractivity contribution in [3.63, 3.8) is 0 Å². The molecule has 0 spiro atoms. The lowest BCUT2D eigenvalue weighted by atomic mass is 10.3. The van der Waals surface area contributed by atoms with Crippen molar-refractivity contribution in [3.8, 4) is 0 Å². The molecule has 1 aliphatic rings. The Hall–Kier alpha value is -1.51. The van der Waals surface area contributed by atoms with Gasteiger partial charge in [0.15, 0.2) is 0 Å². The van der Waals surface area contributed by atoms with Crippen LogP contribution in [0.15, 0.2) is 29.2 Å². The standard InChI is InChI=1S/C10H13N3O4S/c11-8-5-6-12(7-8)18(16,17)10-3-1-9(2-4-10)13(14)15/h1-4,8H,5-7,11H2/t8-/m0/s1. The van der Waals surface area contributed by atoms with Crippen molar-refractivity contribution in [1.82, 2.24) is 4.31 Å². The Balaban J connectivity index is 2.27. The minimum Gasteiger partial charge on any atom is -0.326 e. The Bertz CT molecular complexity index is 555. The summed E-state index contributed by atoms with van der Waals surface area (Å²) >= 11 is 0. The number of nitrogens with zero attached hydrogens (tertiary/aromatic N) is 2. The number of hydrogen-bond donors (Lipinski definition) is 1. The summed E-state index contributed by atoms with van der Waals surface area (Å²) in [5, 5.41) is 10.5. The number of benzene rings is 1. The fourth-order valence-corrected chi connectivity index (χ4v) is 3.37. The molecule has 8 heteroatoms. The Morgan fingerprint density at radius 3 is 2.39 bits per heavy atom. The van der Waals surface area contributed by atoms with Crippen molar-refractivity contribution in [1.29, 1.82) is 0 Å². The summed E-state index contributed by atoms with van der Waals surface area (Å²) in [6, 6.07) is 4.72. The zero-order valence-corrected chi connectivity index (χ0v) is 10.3. The van der Waals surface area contributed by atoms with E-state index in [9.17, 15) is 18.5 Å². The van der Waals surface area contributed by atoms with Gasteiger partial charge in [0.25, 0.3) is 5.69 Å². The number of nitro benzene ring substituents is 1. The maximum Gasteiger partial charge on any atom is 0.269 e. The van der Waals surface area contributed by atoms with Gasteiger partial charge in [0.2, 0.25) is 10.0 Å². The van der Waals surface area contributed by atoms with Gasteiger partial charge in [-0.3, -0.25) is 10.1 Å². The van der Waals surface area contributed by atoms with Crippen LogP contribution in [0.5, 0.6) is 0 Å². The molecule has 0 aromatic heterocycles. The third kappa shape index (κ3) is 2.35. The second-order valence-corrected chi connectivity index (χ2v) is 6.10. The third-order valence-corrected chi connectivity index (χ3v) is 4.75. The van der Waals surface area contributed by atoms with Gasteiger partial charge in [0, 0.05) is 31.3 Å². The summed E-state index contributed by atoms with van der Waals surface area (Å²) < 4.78 is 25.6. The van der Waals surface area contributed by atoms with Gasteiger partial charge in [-0.25, -0.2) is 8.42 Å². The van der Waals surface area contributed by atoms with Gasteiger partial charge in [0.1, 0.15) is 0 Å². The van der Waals surface area contributed by atoms with Crippen LogP contribution in [0.25, 0.3) is 0 Å². The lowest BCUT2D eigenvalue weighted by molar-refractivity contribution is -0.384. The highest BCUT2D eigenvalue weighted by Crippen LogP contribution is 2.22. The van der Waals surface area contributed by atoms with Crippen LogP contribution < -0.4 is 5.73 Å². The van der Waals surface area contributed by atoms with Gasteiger partial charge in [-0.2, -0.15) is 4.31 Å². The third-order valence-electron chi connectivity index (χ3n) is 2.87. The maximum atomic E-state index is 12.2. The molecule has 2 rings (SSSR count). The van der Waals surface area contributed by atoms with Gasteiger partial charge in [0.05, 0.1) is 9.82 Å². The Morgan fingerprint density at radius 1 is 1.33 bits per heavy atom. The van der Waals surface area contributed by atoms with E-state index in [0.717, 1.165) is 0 Å². The molecule has 1 aliphatic heterocycles. The zero-order valence-electron chi connectivity index (χ0n) is 9.52. The fraction of sp³-hybridized carbons (Fsp3) is 0.400. The SMILES string of the molecule is N[C@H]1CCN(S(=O)(=O)c2ccc([N+](=O)[O-])cc2)C1. The minimum atomic E-state index is -3.58. The van der Waals surface area contributed by atoms with Crippen LogP contribution in [0, 0.1) is 10.1 Å². The number of sulfonamides is 1. The molecule has 0 radical (unpaired) electrons. The summed E-state index contributed by atoms with van der Waals surface area (Å²) in [4.78, 5) is 9.98. The minimum absolute atomic E-state index is 0.0576. The topological polar surface area (TPSA) is 107 Å². The molecule has 0 aliphatic carbocycles. The molecule has 1 fully saturated rings. The summed E-state index contributed by atoms with van der Waals surface area (Å²) in [6.07, 6.45) is 0.631. The van der Waals surface area contributed by atoms with Crippen LogP contribution >= 0.6 is 0 Å². The van der Waals surface area contributed by atoms with Gasteiger partial charge in [-0.05, 0) is 18.6 Å². The molecular weight excluding hydrogens is 258 g/mol. The zero-order chi connectivity index (χ0) is 13.3. The summed E-state index contributed by atoms with van der Waals surface area (Å²) in [7, 11) is -3.58. The number of nitro groups is 1. The molecule has 1 saturated heterocycles. The predicted octanol–water partition coefficient (Wildman–Crippen LogP) is 0.316. The molecule has 0 amide bonds. The van der Waals surface area contributed by atoms with E-state index in [1.54, 1.807) is 0 Å². The molecule has 0 bridgehead atoms. The molecule has 1 aromatic carbocycles.